The number of nitrogens with one attached hydrogen (secondary N) is 2. The van der Waals surface area contributed by atoms with Crippen molar-refractivity contribution < 1.29 is 9.59 Å². The van der Waals surface area contributed by atoms with Gasteiger partial charge in [0, 0.05) is 38.0 Å². The minimum Gasteiger partial charge on any atom is -0.354 e. The van der Waals surface area contributed by atoms with E-state index in [1.807, 2.05) is 11.8 Å². The van der Waals surface area contributed by atoms with Crippen molar-refractivity contribution in [3.8, 4) is 0 Å². The fraction of sp³-hybridized carbons (Fsp3) is 0.600. The number of carbonyl (C=O) groups excluding carboxylic acids is 2. The molecule has 1 aromatic rings. The standard InChI is InChI=1S/C20H29N3O2.ClH/c1-2-5-19(24)23-12-9-16(10-13-23)20(25)22-14-18-17-7-4-3-6-15(17)8-11-21-18;/h3-4,6-7,16,18,21H,2,5,8-14H2,1H3,(H,22,25);1H. The molecular weight excluding hydrogens is 350 g/mol. The van der Waals surface area contributed by atoms with Crippen molar-refractivity contribution in [2.45, 2.75) is 45.1 Å². The van der Waals surface area contributed by atoms with Crippen LogP contribution in [0.5, 0.6) is 0 Å². The molecule has 0 radical (unpaired) electrons. The molecular formula is C20H30ClN3O2. The summed E-state index contributed by atoms with van der Waals surface area (Å²) in [5.74, 6) is 0.390. The van der Waals surface area contributed by atoms with Crippen LogP contribution in [0.15, 0.2) is 24.3 Å². The molecule has 3 rings (SSSR count). The lowest BCUT2D eigenvalue weighted by Crippen LogP contribution is -2.45. The Labute approximate surface area is 162 Å². The molecule has 1 atom stereocenters. The van der Waals surface area contributed by atoms with Crippen LogP contribution in [0.4, 0.5) is 0 Å². The molecule has 2 N–H and O–H groups in total. The number of halogens is 1. The fourth-order valence-electron chi connectivity index (χ4n) is 3.89. The van der Waals surface area contributed by atoms with E-state index < -0.39 is 0 Å². The number of benzene rings is 1. The van der Waals surface area contributed by atoms with Gasteiger partial charge in [0.1, 0.15) is 0 Å². The Morgan fingerprint density at radius 1 is 1.23 bits per heavy atom. The van der Waals surface area contributed by atoms with Crippen LogP contribution in [0.25, 0.3) is 0 Å². The third-order valence-electron chi connectivity index (χ3n) is 5.38. The Kier molecular flexibility index (Phi) is 7.91. The molecule has 1 saturated heterocycles. The first-order valence-corrected chi connectivity index (χ1v) is 9.55. The molecule has 0 aromatic heterocycles. The SMILES string of the molecule is CCCC(=O)N1CCC(C(=O)NCC2NCCc3ccccc32)CC1.Cl. The zero-order valence-corrected chi connectivity index (χ0v) is 16.3. The first-order valence-electron chi connectivity index (χ1n) is 9.55. The number of piperidine rings is 1. The molecule has 0 bridgehead atoms. The summed E-state index contributed by atoms with van der Waals surface area (Å²) >= 11 is 0. The highest BCUT2D eigenvalue weighted by Gasteiger charge is 2.28. The monoisotopic (exact) mass is 379 g/mol. The largest absolute Gasteiger partial charge is 0.354 e. The first-order chi connectivity index (χ1) is 12.2. The number of amides is 2. The van der Waals surface area contributed by atoms with Crippen LogP contribution < -0.4 is 10.6 Å². The molecule has 2 heterocycles. The van der Waals surface area contributed by atoms with E-state index in [0.717, 1.165) is 32.2 Å². The molecule has 1 fully saturated rings. The van der Waals surface area contributed by atoms with Crippen LogP contribution in [0.3, 0.4) is 0 Å². The van der Waals surface area contributed by atoms with Gasteiger partial charge >= 0.3 is 0 Å². The zero-order valence-electron chi connectivity index (χ0n) is 15.5. The van der Waals surface area contributed by atoms with Crippen molar-refractivity contribution in [2.75, 3.05) is 26.2 Å². The lowest BCUT2D eigenvalue weighted by Gasteiger charge is -2.32. The Morgan fingerprint density at radius 2 is 1.96 bits per heavy atom. The molecule has 0 spiro atoms. The third kappa shape index (κ3) is 4.98. The first kappa shape index (κ1) is 20.7. The second-order valence-electron chi connectivity index (χ2n) is 7.11. The van der Waals surface area contributed by atoms with E-state index in [9.17, 15) is 9.59 Å². The highest BCUT2D eigenvalue weighted by molar-refractivity contribution is 5.85. The van der Waals surface area contributed by atoms with E-state index in [2.05, 4.69) is 34.9 Å². The number of nitrogens with zero attached hydrogens (tertiary/aromatic N) is 1. The van der Waals surface area contributed by atoms with Gasteiger partial charge in [0.2, 0.25) is 11.8 Å². The van der Waals surface area contributed by atoms with Gasteiger partial charge in [-0.25, -0.2) is 0 Å². The van der Waals surface area contributed by atoms with Crippen LogP contribution >= 0.6 is 12.4 Å². The maximum Gasteiger partial charge on any atom is 0.223 e. The molecule has 2 aliphatic rings. The number of carbonyl (C=O) groups is 2. The number of hydrogen-bond acceptors (Lipinski definition) is 3. The number of fused-ring (bicyclic) bond motifs is 1. The summed E-state index contributed by atoms with van der Waals surface area (Å²) in [4.78, 5) is 26.4. The molecule has 2 aliphatic heterocycles. The Bertz CT molecular complexity index is 615. The summed E-state index contributed by atoms with van der Waals surface area (Å²) in [6, 6.07) is 8.65. The van der Waals surface area contributed by atoms with Gasteiger partial charge in [-0.15, -0.1) is 12.4 Å². The third-order valence-corrected chi connectivity index (χ3v) is 5.38. The molecule has 2 amide bonds. The van der Waals surface area contributed by atoms with Gasteiger partial charge in [0.05, 0.1) is 0 Å². The van der Waals surface area contributed by atoms with E-state index in [4.69, 9.17) is 0 Å². The minimum absolute atomic E-state index is 0. The van der Waals surface area contributed by atoms with Crippen molar-refractivity contribution >= 4 is 24.2 Å². The van der Waals surface area contributed by atoms with Gasteiger partial charge < -0.3 is 15.5 Å². The van der Waals surface area contributed by atoms with Crippen LogP contribution in [-0.4, -0.2) is 42.9 Å². The quantitative estimate of drug-likeness (QED) is 0.826. The van der Waals surface area contributed by atoms with Crippen molar-refractivity contribution in [2.24, 2.45) is 5.92 Å². The molecule has 5 nitrogen and oxygen atoms in total. The van der Waals surface area contributed by atoms with E-state index in [-0.39, 0.29) is 36.2 Å². The van der Waals surface area contributed by atoms with Gasteiger partial charge in [-0.3, -0.25) is 9.59 Å². The van der Waals surface area contributed by atoms with Crippen LogP contribution in [0.2, 0.25) is 0 Å². The van der Waals surface area contributed by atoms with E-state index in [0.29, 0.717) is 26.1 Å². The average molecular weight is 380 g/mol. The summed E-state index contributed by atoms with van der Waals surface area (Å²) in [5.41, 5.74) is 2.68. The van der Waals surface area contributed by atoms with Gasteiger partial charge in [-0.1, -0.05) is 31.2 Å². The van der Waals surface area contributed by atoms with E-state index in [1.165, 1.54) is 11.1 Å². The van der Waals surface area contributed by atoms with Gasteiger partial charge in [-0.05, 0) is 43.4 Å². The van der Waals surface area contributed by atoms with Crippen molar-refractivity contribution in [3.63, 3.8) is 0 Å². The highest BCUT2D eigenvalue weighted by Crippen LogP contribution is 2.23. The van der Waals surface area contributed by atoms with Crippen molar-refractivity contribution in [1.82, 2.24) is 15.5 Å². The van der Waals surface area contributed by atoms with Gasteiger partial charge in [0.25, 0.3) is 0 Å². The average Bonchev–Trinajstić information content (AvgIpc) is 2.66. The molecule has 0 saturated carbocycles. The summed E-state index contributed by atoms with van der Waals surface area (Å²) in [6.45, 7) is 5.03. The van der Waals surface area contributed by atoms with Gasteiger partial charge in [-0.2, -0.15) is 0 Å². The Morgan fingerprint density at radius 3 is 2.69 bits per heavy atom. The molecule has 1 unspecified atom stereocenters. The smallest absolute Gasteiger partial charge is 0.223 e. The van der Waals surface area contributed by atoms with Crippen LogP contribution in [-0.2, 0) is 16.0 Å². The lowest BCUT2D eigenvalue weighted by atomic mass is 9.93. The number of rotatable bonds is 5. The second-order valence-corrected chi connectivity index (χ2v) is 7.11. The van der Waals surface area contributed by atoms with E-state index in [1.54, 1.807) is 0 Å². The molecule has 6 heteroatoms. The van der Waals surface area contributed by atoms with Crippen molar-refractivity contribution in [1.29, 1.82) is 0 Å². The van der Waals surface area contributed by atoms with Gasteiger partial charge in [0.15, 0.2) is 0 Å². The molecule has 1 aromatic carbocycles. The molecule has 26 heavy (non-hydrogen) atoms. The van der Waals surface area contributed by atoms with Crippen LogP contribution in [0.1, 0.15) is 49.8 Å². The maximum atomic E-state index is 12.5. The van der Waals surface area contributed by atoms with Crippen molar-refractivity contribution in [3.05, 3.63) is 35.4 Å². The Hall–Kier alpha value is -1.59. The highest BCUT2D eigenvalue weighted by atomic mass is 35.5. The number of hydrogen-bond donors (Lipinski definition) is 2. The predicted octanol–water partition coefficient (Wildman–Crippen LogP) is 2.45. The normalized spacial score (nSPS) is 20.0. The summed E-state index contributed by atoms with van der Waals surface area (Å²) in [6.07, 6.45) is 4.09. The summed E-state index contributed by atoms with van der Waals surface area (Å²) in [7, 11) is 0. The summed E-state index contributed by atoms with van der Waals surface area (Å²) in [5, 5.41) is 6.63. The number of likely N-dealkylation sites (tertiary alicyclic amines) is 1. The minimum atomic E-state index is 0. The summed E-state index contributed by atoms with van der Waals surface area (Å²) < 4.78 is 0. The second kappa shape index (κ2) is 9.93. The predicted molar refractivity (Wildman–Crippen MR) is 105 cm³/mol. The maximum absolute atomic E-state index is 12.5. The zero-order chi connectivity index (χ0) is 17.6. The fourth-order valence-corrected chi connectivity index (χ4v) is 3.89. The lowest BCUT2D eigenvalue weighted by molar-refractivity contribution is -0.135. The topological polar surface area (TPSA) is 61.4 Å². The van der Waals surface area contributed by atoms with Crippen LogP contribution in [0, 0.1) is 5.92 Å². The molecule has 144 valence electrons. The van der Waals surface area contributed by atoms with E-state index >= 15 is 0 Å². The molecule has 0 aliphatic carbocycles. The Balaban J connectivity index is 0.00000243.